The zero-order chi connectivity index (χ0) is 16.6. The quantitative estimate of drug-likeness (QED) is 0.507. The Labute approximate surface area is 122 Å². The average molecular weight is 303 g/mol. The molecule has 0 aliphatic heterocycles. The van der Waals surface area contributed by atoms with Crippen LogP contribution in [0.4, 0.5) is 4.79 Å². The minimum absolute atomic E-state index is 0.172. The number of primary amides is 1. The van der Waals surface area contributed by atoms with Crippen molar-refractivity contribution in [3.63, 3.8) is 0 Å². The fourth-order valence-corrected chi connectivity index (χ4v) is 1.47. The van der Waals surface area contributed by atoms with Crippen molar-refractivity contribution in [2.45, 2.75) is 39.3 Å². The summed E-state index contributed by atoms with van der Waals surface area (Å²) in [4.78, 5) is 46.3. The maximum atomic E-state index is 12.0. The van der Waals surface area contributed by atoms with Crippen LogP contribution in [-0.2, 0) is 19.1 Å². The highest BCUT2D eigenvalue weighted by Gasteiger charge is 2.27. The van der Waals surface area contributed by atoms with Crippen molar-refractivity contribution in [1.29, 1.82) is 0 Å². The van der Waals surface area contributed by atoms with Gasteiger partial charge in [0.25, 0.3) is 0 Å². The third-order valence-electron chi connectivity index (χ3n) is 2.49. The number of carbonyl (C=O) groups excluding carboxylic acids is 3. The van der Waals surface area contributed by atoms with Crippen molar-refractivity contribution < 1.29 is 29.0 Å². The van der Waals surface area contributed by atoms with Crippen LogP contribution in [0, 0.1) is 0 Å². The molecule has 0 saturated heterocycles. The molecule has 1 atom stereocenters. The predicted molar refractivity (Wildman–Crippen MR) is 72.2 cm³/mol. The topological polar surface area (TPSA) is 139 Å². The summed E-state index contributed by atoms with van der Waals surface area (Å²) in [5, 5.41) is 11.1. The summed E-state index contributed by atoms with van der Waals surface area (Å²) in [6.45, 7) is 4.79. The Kier molecular flexibility index (Phi) is 7.80. The fraction of sp³-hybridized carbons (Fsp3) is 0.667. The van der Waals surface area contributed by atoms with Gasteiger partial charge in [0.1, 0.15) is 12.6 Å². The number of ether oxygens (including phenoxy) is 1. The van der Waals surface area contributed by atoms with Gasteiger partial charge >= 0.3 is 18.0 Å². The second-order valence-corrected chi connectivity index (χ2v) is 4.54. The van der Waals surface area contributed by atoms with Gasteiger partial charge in [0.05, 0.1) is 13.0 Å². The normalized spacial score (nSPS) is 11.6. The number of amides is 3. The average Bonchev–Trinajstić information content (AvgIpc) is 2.34. The summed E-state index contributed by atoms with van der Waals surface area (Å²) in [5.41, 5.74) is 4.92. The van der Waals surface area contributed by atoms with Crippen LogP contribution >= 0.6 is 0 Å². The van der Waals surface area contributed by atoms with Gasteiger partial charge in [0.15, 0.2) is 0 Å². The second-order valence-electron chi connectivity index (χ2n) is 4.54. The van der Waals surface area contributed by atoms with Crippen LogP contribution in [-0.4, -0.2) is 59.1 Å². The summed E-state index contributed by atoms with van der Waals surface area (Å²) in [7, 11) is 0. The van der Waals surface area contributed by atoms with Gasteiger partial charge < -0.3 is 25.8 Å². The molecule has 0 fully saturated rings. The van der Waals surface area contributed by atoms with E-state index < -0.39 is 36.3 Å². The lowest BCUT2D eigenvalue weighted by molar-refractivity contribution is -0.144. The van der Waals surface area contributed by atoms with Crippen molar-refractivity contribution in [3.8, 4) is 0 Å². The van der Waals surface area contributed by atoms with E-state index in [1.807, 2.05) is 0 Å². The number of carbonyl (C=O) groups is 4. The molecule has 0 aliphatic rings. The van der Waals surface area contributed by atoms with E-state index in [9.17, 15) is 19.2 Å². The standard InChI is InChI=1S/C12H21N3O6/c1-4-21-10(17)6-15(7(2)3)12(20)14-8(11(18)19)5-9(13)16/h7-8H,4-6H2,1-3H3,(H2,13,16)(H,14,20)(H,18,19)/t8-/m1/s1. The first kappa shape index (κ1) is 18.7. The number of aliphatic carboxylic acids is 1. The third kappa shape index (κ3) is 7.14. The number of carboxylic acids is 1. The van der Waals surface area contributed by atoms with Crippen molar-refractivity contribution in [2.24, 2.45) is 5.73 Å². The number of nitrogens with two attached hydrogens (primary N) is 1. The first-order valence-corrected chi connectivity index (χ1v) is 6.42. The Morgan fingerprint density at radius 1 is 1.29 bits per heavy atom. The van der Waals surface area contributed by atoms with Gasteiger partial charge in [-0.15, -0.1) is 0 Å². The van der Waals surface area contributed by atoms with Gasteiger partial charge in [-0.05, 0) is 20.8 Å². The van der Waals surface area contributed by atoms with Gasteiger partial charge in [0.2, 0.25) is 5.91 Å². The Morgan fingerprint density at radius 2 is 1.86 bits per heavy atom. The number of hydrogen-bond donors (Lipinski definition) is 3. The Bertz CT molecular complexity index is 410. The van der Waals surface area contributed by atoms with Crippen LogP contribution in [0.2, 0.25) is 0 Å². The van der Waals surface area contributed by atoms with E-state index in [0.29, 0.717) is 0 Å². The Morgan fingerprint density at radius 3 is 2.24 bits per heavy atom. The SMILES string of the molecule is CCOC(=O)CN(C(=O)N[C@H](CC(N)=O)C(=O)O)C(C)C. The van der Waals surface area contributed by atoms with Crippen molar-refractivity contribution >= 4 is 23.9 Å². The number of esters is 1. The molecular weight excluding hydrogens is 282 g/mol. The van der Waals surface area contributed by atoms with Crippen LogP contribution in [0.25, 0.3) is 0 Å². The summed E-state index contributed by atoms with van der Waals surface area (Å²) < 4.78 is 4.74. The number of carboxylic acid groups (broad SMARTS) is 1. The molecule has 9 nitrogen and oxygen atoms in total. The molecule has 0 spiro atoms. The van der Waals surface area contributed by atoms with Crippen molar-refractivity contribution in [2.75, 3.05) is 13.2 Å². The monoisotopic (exact) mass is 303 g/mol. The predicted octanol–water partition coefficient (Wildman–Crippen LogP) is -0.702. The number of nitrogens with zero attached hydrogens (tertiary/aromatic N) is 1. The molecule has 0 saturated carbocycles. The maximum Gasteiger partial charge on any atom is 0.326 e. The summed E-state index contributed by atoms with van der Waals surface area (Å²) in [6.07, 6.45) is -0.535. The molecule has 0 rings (SSSR count). The fourth-order valence-electron chi connectivity index (χ4n) is 1.47. The molecular formula is C12H21N3O6. The molecule has 120 valence electrons. The Balaban J connectivity index is 4.83. The molecule has 21 heavy (non-hydrogen) atoms. The van der Waals surface area contributed by atoms with Gasteiger partial charge in [-0.2, -0.15) is 0 Å². The minimum Gasteiger partial charge on any atom is -0.480 e. The van der Waals surface area contributed by atoms with Crippen LogP contribution in [0.1, 0.15) is 27.2 Å². The Hall–Kier alpha value is -2.32. The summed E-state index contributed by atoms with van der Waals surface area (Å²) in [6, 6.07) is -2.59. The third-order valence-corrected chi connectivity index (χ3v) is 2.49. The molecule has 0 aromatic rings. The summed E-state index contributed by atoms with van der Waals surface area (Å²) in [5.74, 6) is -2.85. The van der Waals surface area contributed by atoms with E-state index in [1.54, 1.807) is 20.8 Å². The van der Waals surface area contributed by atoms with Gasteiger partial charge in [-0.25, -0.2) is 9.59 Å². The first-order chi connectivity index (χ1) is 9.68. The zero-order valence-corrected chi connectivity index (χ0v) is 12.3. The highest BCUT2D eigenvalue weighted by Crippen LogP contribution is 2.02. The molecule has 0 aromatic carbocycles. The second kappa shape index (κ2) is 8.77. The minimum atomic E-state index is -1.45. The van der Waals surface area contributed by atoms with Gasteiger partial charge in [0, 0.05) is 6.04 Å². The summed E-state index contributed by atoms with van der Waals surface area (Å²) >= 11 is 0. The smallest absolute Gasteiger partial charge is 0.326 e. The molecule has 0 unspecified atom stereocenters. The molecule has 9 heteroatoms. The maximum absolute atomic E-state index is 12.0. The number of urea groups is 1. The largest absolute Gasteiger partial charge is 0.480 e. The number of nitrogens with one attached hydrogen (secondary N) is 1. The van der Waals surface area contributed by atoms with Gasteiger partial charge in [-0.3, -0.25) is 9.59 Å². The van der Waals surface area contributed by atoms with Crippen molar-refractivity contribution in [3.05, 3.63) is 0 Å². The van der Waals surface area contributed by atoms with E-state index in [4.69, 9.17) is 15.6 Å². The van der Waals surface area contributed by atoms with E-state index in [-0.39, 0.29) is 19.2 Å². The molecule has 4 N–H and O–H groups in total. The lowest BCUT2D eigenvalue weighted by atomic mass is 10.2. The van der Waals surface area contributed by atoms with Crippen LogP contribution in [0.5, 0.6) is 0 Å². The molecule has 0 heterocycles. The van der Waals surface area contributed by atoms with Gasteiger partial charge in [-0.1, -0.05) is 0 Å². The molecule has 3 amide bonds. The van der Waals surface area contributed by atoms with Crippen LogP contribution in [0.3, 0.4) is 0 Å². The van der Waals surface area contributed by atoms with E-state index in [1.165, 1.54) is 0 Å². The van der Waals surface area contributed by atoms with Crippen molar-refractivity contribution in [1.82, 2.24) is 10.2 Å². The lowest BCUT2D eigenvalue weighted by Crippen LogP contribution is -2.52. The number of rotatable bonds is 8. The number of hydrogen-bond acceptors (Lipinski definition) is 5. The lowest BCUT2D eigenvalue weighted by Gasteiger charge is -2.27. The molecule has 0 radical (unpaired) electrons. The first-order valence-electron chi connectivity index (χ1n) is 6.42. The zero-order valence-electron chi connectivity index (χ0n) is 12.3. The van der Waals surface area contributed by atoms with Crippen LogP contribution in [0.15, 0.2) is 0 Å². The van der Waals surface area contributed by atoms with E-state index in [0.717, 1.165) is 4.90 Å². The molecule has 0 bridgehead atoms. The van der Waals surface area contributed by atoms with Crippen LogP contribution < -0.4 is 11.1 Å². The molecule has 0 aromatic heterocycles. The molecule has 0 aliphatic carbocycles. The highest BCUT2D eigenvalue weighted by molar-refractivity contribution is 5.88. The van der Waals surface area contributed by atoms with E-state index >= 15 is 0 Å². The highest BCUT2D eigenvalue weighted by atomic mass is 16.5. The van der Waals surface area contributed by atoms with E-state index in [2.05, 4.69) is 5.32 Å².